The van der Waals surface area contributed by atoms with E-state index in [1.54, 1.807) is 32.9 Å². The van der Waals surface area contributed by atoms with Gasteiger partial charge in [-0.2, -0.15) is 0 Å². The number of ketones is 3. The third kappa shape index (κ3) is 28.6. The molecule has 782 valence electrons. The Hall–Kier alpha value is -5.49. The number of carboxylic acid groups (broad SMARTS) is 1. The number of carbonyl (C=O) groups is 7. The predicted molar refractivity (Wildman–Crippen MR) is 550 cm³/mol. The number of hydrogen-bond donors (Lipinski definition) is 9. The summed E-state index contributed by atoms with van der Waals surface area (Å²) in [5.74, 6) is 1.41. The Morgan fingerprint density at radius 1 is 0.423 bits per heavy atom. The van der Waals surface area contributed by atoms with Gasteiger partial charge in [0, 0.05) is 67.1 Å². The van der Waals surface area contributed by atoms with Crippen LogP contribution in [0.15, 0.2) is 105 Å². The lowest BCUT2D eigenvalue weighted by Crippen LogP contribution is -2.35. The second-order valence-electron chi connectivity index (χ2n) is 50.8. The van der Waals surface area contributed by atoms with Crippen LogP contribution in [0.25, 0.3) is 0 Å². The first-order valence-electron chi connectivity index (χ1n) is 51.8. The number of allylic oxidation sites excluding steroid dienone is 13. The molecule has 0 aromatic heterocycles. The Balaban J connectivity index is 0.000000266. The Morgan fingerprint density at radius 3 is 1.23 bits per heavy atom. The van der Waals surface area contributed by atoms with Gasteiger partial charge in [0.25, 0.3) is 0 Å². The van der Waals surface area contributed by atoms with Gasteiger partial charge < -0.3 is 74.5 Å². The number of carbonyl (C=O) groups excluding carboxylic acids is 6. The van der Waals surface area contributed by atoms with Crippen LogP contribution in [0.4, 0.5) is 0 Å². The highest BCUT2D eigenvalue weighted by molar-refractivity contribution is 5.98. The maximum atomic E-state index is 11.6. The molecule has 20 nitrogen and oxygen atoms in total. The normalized spacial score (nSPS) is 36.4. The molecule has 0 aromatic carbocycles. The molecule has 0 amide bonds. The van der Waals surface area contributed by atoms with Crippen LogP contribution in [0.5, 0.6) is 0 Å². The van der Waals surface area contributed by atoms with Crippen molar-refractivity contribution in [2.24, 2.45) is 136 Å². The number of aliphatic carboxylic acids is 1. The van der Waals surface area contributed by atoms with Crippen molar-refractivity contribution in [1.29, 1.82) is 0 Å². The number of ether oxygens (including phenoxy) is 4. The number of esters is 1. The maximum Gasteiger partial charge on any atom is 0.306 e. The van der Waals surface area contributed by atoms with Crippen LogP contribution in [-0.2, 0) is 52.5 Å². The number of aldehydes is 2. The summed E-state index contributed by atoms with van der Waals surface area (Å²) in [6.07, 6.45) is 30.5. The van der Waals surface area contributed by atoms with Crippen LogP contribution >= 0.6 is 0 Å². The van der Waals surface area contributed by atoms with Gasteiger partial charge in [-0.1, -0.05) is 247 Å². The molecule has 11 aliphatic carbocycles. The van der Waals surface area contributed by atoms with Crippen molar-refractivity contribution in [2.75, 3.05) is 0 Å². The zero-order valence-electron chi connectivity index (χ0n) is 92.8. The molecule has 2 saturated carbocycles. The van der Waals surface area contributed by atoms with Crippen LogP contribution < -0.4 is 0 Å². The summed E-state index contributed by atoms with van der Waals surface area (Å²) >= 11 is 0. The summed E-state index contributed by atoms with van der Waals surface area (Å²) < 4.78 is 22.2. The molecule has 0 bridgehead atoms. The van der Waals surface area contributed by atoms with Crippen LogP contribution in [0, 0.1) is 136 Å². The summed E-state index contributed by atoms with van der Waals surface area (Å²) in [6, 6.07) is 0. The van der Waals surface area contributed by atoms with Crippen LogP contribution in [0.2, 0.25) is 0 Å². The van der Waals surface area contributed by atoms with E-state index in [0.717, 1.165) is 68.2 Å². The minimum absolute atomic E-state index is 0.0242. The van der Waals surface area contributed by atoms with E-state index in [4.69, 9.17) is 24.1 Å². The lowest BCUT2D eigenvalue weighted by atomic mass is 9.74. The minimum atomic E-state index is -0.979. The summed E-state index contributed by atoms with van der Waals surface area (Å²) in [6.45, 7) is 84.0. The molecule has 26 unspecified atom stereocenters. The molecule has 15 aliphatic rings. The highest BCUT2D eigenvalue weighted by Crippen LogP contribution is 2.61. The van der Waals surface area contributed by atoms with Gasteiger partial charge in [-0.25, -0.2) is 0 Å². The van der Waals surface area contributed by atoms with E-state index in [1.807, 2.05) is 73.6 Å². The summed E-state index contributed by atoms with van der Waals surface area (Å²) in [5, 5.41) is 85.7. The van der Waals surface area contributed by atoms with Crippen molar-refractivity contribution < 1.29 is 98.5 Å². The summed E-state index contributed by atoms with van der Waals surface area (Å²) in [4.78, 5) is 76.8. The molecule has 0 aromatic rings. The Labute approximate surface area is 829 Å². The first kappa shape index (κ1) is 122. The van der Waals surface area contributed by atoms with Crippen molar-refractivity contribution in [2.45, 2.75) is 452 Å². The fourth-order valence-electron chi connectivity index (χ4n) is 23.9. The SMILES string of the molecule is CC(O)CC1C(=O)CC(C)C1(C)C.CC1=CC(=O)C(CC(=O)O)C1(C)C.CC1=CC(=O)C(CC(C)O)C1(C)C.CC1=CC(O)C(CC(C)O)C1(C)C.CC1=CC(O)C(CC=O)C1(C)C.CC1=CC2(O)OC(C)CC2C1(C)C.CC1=CC2OC(=O)CC2C1(C)C.CC1=CC2OC(C)CC2C1(C)C.CC1=CCC(CC(C)O)C1(C)C.CC1=CCC(CC=O)C1(C)C.CC1CC2C(O)(CC(C)C2(C)C)O1. The standard InChI is InChI=1S/C11H20O2.C11H18O2.2C11H20O2.C11H18O2.C11H18O.C11H20O.C10H14O3.C10H14O2.C10H16O2.C10H16O/c2*1-7-6-11(12)9(10(7,3)4)5-8(2)13-11;3*1-7-5-10(13)9(6-8(2)12)11(7,3)4;1-7-5-10-9(11(7,3)4)6-8(2)12-10;1-8-5-6-10(7-9(2)12)11(8,3)4;1-6-4-8(11)7(5-9(12)13)10(6,2)3;1-6-4-8-7(10(6,2)3)5-9(11)12-8;1-7-6-9(12)8(4-5-11)10(7,2)3;1-8-4-5-9(6-7-11)10(8,2)3/h7-9,12H,5-6H2,1-4H3;6,8-9,12H,5H2,1-4H3;7-9,12H,5-6H2,1-4H3;5,8-10,12-13H,6H2,1-4H3;5,8-9,12H,6H2,1-4H3;5,8-10H,6H2,1-4H3;5,9-10,12H,6-7H2,1-4H3;4,7H,5H2,1-3H3,(H,12,13);4,7-8H,5H2,1-3H3;5-6,8-9,12H,4H2,1-3H3;4,7,9H,5-6H2,1-3H3. The highest BCUT2D eigenvalue weighted by Gasteiger charge is 2.62. The van der Waals surface area contributed by atoms with Gasteiger partial charge in [0.2, 0.25) is 0 Å². The molecule has 4 saturated heterocycles. The van der Waals surface area contributed by atoms with Gasteiger partial charge in [-0.05, 0) is 288 Å². The van der Waals surface area contributed by atoms with Gasteiger partial charge in [0.15, 0.2) is 23.1 Å². The number of aliphatic hydroxyl groups is 8. The van der Waals surface area contributed by atoms with Crippen molar-refractivity contribution in [3.8, 4) is 0 Å². The van der Waals surface area contributed by atoms with E-state index >= 15 is 0 Å². The van der Waals surface area contributed by atoms with Crippen molar-refractivity contribution in [3.63, 3.8) is 0 Å². The lowest BCUT2D eigenvalue weighted by Gasteiger charge is -2.32. The van der Waals surface area contributed by atoms with Gasteiger partial charge in [0.1, 0.15) is 24.5 Å². The lowest BCUT2D eigenvalue weighted by molar-refractivity contribution is -0.204. The fraction of sp³-hybridized carbons (Fsp3) is 0.786. The molecule has 9 N–H and O–H groups in total. The third-order valence-electron chi connectivity index (χ3n) is 38.0. The van der Waals surface area contributed by atoms with E-state index in [0.29, 0.717) is 109 Å². The van der Waals surface area contributed by atoms with Gasteiger partial charge >= 0.3 is 11.9 Å². The monoisotopic (exact) mass is 1920 g/mol. The van der Waals surface area contributed by atoms with E-state index in [1.165, 1.54) is 45.4 Å². The third-order valence-corrected chi connectivity index (χ3v) is 38.0. The zero-order chi connectivity index (χ0) is 106. The van der Waals surface area contributed by atoms with Crippen molar-refractivity contribution in [3.05, 3.63) is 105 Å². The molecule has 0 radical (unpaired) electrons. The molecule has 6 fully saturated rings. The molecular formula is C117H194O20. The summed E-state index contributed by atoms with van der Waals surface area (Å²) in [5.41, 5.74) is 12.6. The van der Waals surface area contributed by atoms with E-state index in [9.17, 15) is 74.4 Å². The number of fused-ring (bicyclic) bond motifs is 4. The quantitative estimate of drug-likeness (QED) is 0.0443. The molecule has 0 spiro atoms. The largest absolute Gasteiger partial charge is 0.481 e. The molecule has 26 atom stereocenters. The number of Topliss-reactive ketones (excluding diaryl/α,β-unsaturated/α-hetero) is 1. The Bertz CT molecular complexity index is 4430. The molecule has 15 rings (SSSR count). The molecule has 20 heteroatoms. The number of carboxylic acids is 1. The summed E-state index contributed by atoms with van der Waals surface area (Å²) in [7, 11) is 0. The van der Waals surface area contributed by atoms with Gasteiger partial charge in [-0.3, -0.25) is 24.0 Å². The van der Waals surface area contributed by atoms with Gasteiger partial charge in [0.05, 0.1) is 73.9 Å². The van der Waals surface area contributed by atoms with E-state index in [2.05, 4.69) is 225 Å². The smallest absolute Gasteiger partial charge is 0.306 e. The maximum absolute atomic E-state index is 11.6. The fourth-order valence-corrected chi connectivity index (χ4v) is 23.9. The highest BCUT2D eigenvalue weighted by atomic mass is 16.6. The van der Waals surface area contributed by atoms with Crippen molar-refractivity contribution in [1.82, 2.24) is 0 Å². The molecule has 4 heterocycles. The van der Waals surface area contributed by atoms with Crippen molar-refractivity contribution >= 4 is 41.9 Å². The van der Waals surface area contributed by atoms with Gasteiger partial charge in [-0.15, -0.1) is 0 Å². The average Bonchev–Trinajstić information content (AvgIpc) is 1.57. The van der Waals surface area contributed by atoms with Crippen LogP contribution in [0.3, 0.4) is 0 Å². The number of rotatable bonds is 14. The topological polar surface area (TPSA) is 338 Å². The zero-order valence-corrected chi connectivity index (χ0v) is 92.8. The van der Waals surface area contributed by atoms with E-state index < -0.39 is 29.8 Å². The number of hydrogen-bond acceptors (Lipinski definition) is 19. The second kappa shape index (κ2) is 46.7. The molecular weight excluding hydrogens is 1730 g/mol. The molecule has 137 heavy (non-hydrogen) atoms. The second-order valence-corrected chi connectivity index (χ2v) is 50.8. The van der Waals surface area contributed by atoms with E-state index in [-0.39, 0.29) is 151 Å². The number of aliphatic hydroxyl groups excluding tert-OH is 6. The van der Waals surface area contributed by atoms with Crippen LogP contribution in [0.1, 0.15) is 373 Å². The first-order valence-corrected chi connectivity index (χ1v) is 51.8. The average molecular weight is 1920 g/mol. The Morgan fingerprint density at radius 2 is 0.847 bits per heavy atom. The van der Waals surface area contributed by atoms with Crippen LogP contribution in [-0.4, -0.2) is 167 Å². The first-order chi connectivity index (χ1) is 62.2. The minimum Gasteiger partial charge on any atom is -0.481 e. The molecule has 4 aliphatic heterocycles. The Kier molecular flexibility index (Phi) is 41.6. The predicted octanol–water partition coefficient (Wildman–Crippen LogP) is 23.1.